The van der Waals surface area contributed by atoms with E-state index in [0.29, 0.717) is 0 Å². The lowest BCUT2D eigenvalue weighted by Gasteiger charge is -2.34. The number of hydrogen-bond acceptors (Lipinski definition) is 3. The van der Waals surface area contributed by atoms with E-state index in [2.05, 4.69) is 34.5 Å². The van der Waals surface area contributed by atoms with Gasteiger partial charge in [-0.25, -0.2) is 0 Å². The van der Waals surface area contributed by atoms with Gasteiger partial charge >= 0.3 is 0 Å². The Hall–Kier alpha value is -1.06. The van der Waals surface area contributed by atoms with E-state index in [9.17, 15) is 0 Å². The molecule has 1 N–H and O–H groups in total. The molecule has 1 fully saturated rings. The zero-order valence-corrected chi connectivity index (χ0v) is 11.5. The summed E-state index contributed by atoms with van der Waals surface area (Å²) in [7, 11) is 3.80. The summed E-state index contributed by atoms with van der Waals surface area (Å²) >= 11 is 0. The van der Waals surface area contributed by atoms with Crippen molar-refractivity contribution in [3.8, 4) is 0 Å². The number of para-hydroxylation sites is 1. The standard InChI is InChI=1S/C15H24N2O/c1-16-11-14-5-3-4-6-15(14)17-9-7-13(8-10-17)12-18-2/h3-6,13,16H,7-12H2,1-2H3. The summed E-state index contributed by atoms with van der Waals surface area (Å²) in [6, 6.07) is 8.71. The van der Waals surface area contributed by atoms with Crippen LogP contribution in [0, 0.1) is 5.92 Å². The Bertz CT molecular complexity index is 359. The first kappa shape index (κ1) is 13.4. The molecule has 0 radical (unpaired) electrons. The van der Waals surface area contributed by atoms with Crippen LogP contribution in [0.3, 0.4) is 0 Å². The van der Waals surface area contributed by atoms with Crippen molar-refractivity contribution in [2.45, 2.75) is 19.4 Å². The first-order valence-electron chi connectivity index (χ1n) is 6.81. The Morgan fingerprint density at radius 3 is 2.67 bits per heavy atom. The molecule has 1 heterocycles. The smallest absolute Gasteiger partial charge is 0.0491 e. The highest BCUT2D eigenvalue weighted by Gasteiger charge is 2.20. The summed E-state index contributed by atoms with van der Waals surface area (Å²) in [5.41, 5.74) is 2.79. The molecular weight excluding hydrogens is 224 g/mol. The van der Waals surface area contributed by atoms with Crippen LogP contribution in [-0.4, -0.2) is 33.9 Å². The van der Waals surface area contributed by atoms with E-state index in [1.54, 1.807) is 7.11 Å². The molecular formula is C15H24N2O. The molecule has 1 aliphatic heterocycles. The topological polar surface area (TPSA) is 24.5 Å². The van der Waals surface area contributed by atoms with Gasteiger partial charge in [-0.2, -0.15) is 0 Å². The Balaban J connectivity index is 2.00. The minimum absolute atomic E-state index is 0.739. The monoisotopic (exact) mass is 248 g/mol. The van der Waals surface area contributed by atoms with Crippen LogP contribution in [0.5, 0.6) is 0 Å². The van der Waals surface area contributed by atoms with E-state index >= 15 is 0 Å². The van der Waals surface area contributed by atoms with Crippen molar-refractivity contribution in [1.29, 1.82) is 0 Å². The number of ether oxygens (including phenoxy) is 1. The molecule has 0 spiro atoms. The van der Waals surface area contributed by atoms with Gasteiger partial charge in [-0.05, 0) is 37.4 Å². The van der Waals surface area contributed by atoms with Crippen LogP contribution in [0.2, 0.25) is 0 Å². The van der Waals surface area contributed by atoms with Gasteiger partial charge in [-0.1, -0.05) is 18.2 Å². The molecule has 0 aliphatic carbocycles. The summed E-state index contributed by atoms with van der Waals surface area (Å²) in [4.78, 5) is 2.51. The summed E-state index contributed by atoms with van der Waals surface area (Å²) in [6.07, 6.45) is 2.48. The largest absolute Gasteiger partial charge is 0.384 e. The molecule has 100 valence electrons. The number of rotatable bonds is 5. The fraction of sp³-hybridized carbons (Fsp3) is 0.600. The molecule has 0 saturated carbocycles. The van der Waals surface area contributed by atoms with E-state index in [0.717, 1.165) is 32.2 Å². The molecule has 1 aliphatic rings. The number of anilines is 1. The molecule has 0 unspecified atom stereocenters. The predicted octanol–water partition coefficient (Wildman–Crippen LogP) is 2.27. The van der Waals surface area contributed by atoms with Gasteiger partial charge in [0.25, 0.3) is 0 Å². The SMILES string of the molecule is CNCc1ccccc1N1CCC(COC)CC1. The van der Waals surface area contributed by atoms with Crippen molar-refractivity contribution in [3.63, 3.8) is 0 Å². The Labute approximate surface area is 110 Å². The van der Waals surface area contributed by atoms with Crippen LogP contribution in [0.1, 0.15) is 18.4 Å². The van der Waals surface area contributed by atoms with Gasteiger partial charge in [0.1, 0.15) is 0 Å². The Morgan fingerprint density at radius 1 is 1.28 bits per heavy atom. The van der Waals surface area contributed by atoms with Crippen molar-refractivity contribution in [2.24, 2.45) is 5.92 Å². The maximum Gasteiger partial charge on any atom is 0.0491 e. The quantitative estimate of drug-likeness (QED) is 0.865. The van der Waals surface area contributed by atoms with Crippen LogP contribution in [-0.2, 0) is 11.3 Å². The molecule has 2 rings (SSSR count). The van der Waals surface area contributed by atoms with Crippen molar-refractivity contribution in [2.75, 3.05) is 38.8 Å². The molecule has 3 nitrogen and oxygen atoms in total. The summed E-state index contributed by atoms with van der Waals surface area (Å²) < 4.78 is 5.26. The van der Waals surface area contributed by atoms with Crippen molar-refractivity contribution >= 4 is 5.69 Å². The lowest BCUT2D eigenvalue weighted by atomic mass is 9.97. The van der Waals surface area contributed by atoms with E-state index < -0.39 is 0 Å². The van der Waals surface area contributed by atoms with Crippen molar-refractivity contribution in [3.05, 3.63) is 29.8 Å². The van der Waals surface area contributed by atoms with Crippen LogP contribution >= 0.6 is 0 Å². The number of nitrogens with one attached hydrogen (secondary N) is 1. The molecule has 0 aromatic heterocycles. The maximum atomic E-state index is 5.26. The molecule has 0 atom stereocenters. The Morgan fingerprint density at radius 2 is 2.00 bits per heavy atom. The number of benzene rings is 1. The van der Waals surface area contributed by atoms with Crippen LogP contribution in [0.4, 0.5) is 5.69 Å². The number of hydrogen-bond donors (Lipinski definition) is 1. The van der Waals surface area contributed by atoms with E-state index in [4.69, 9.17) is 4.74 Å². The highest BCUT2D eigenvalue weighted by molar-refractivity contribution is 5.53. The van der Waals surface area contributed by atoms with Gasteiger partial charge in [-0.3, -0.25) is 0 Å². The van der Waals surface area contributed by atoms with E-state index in [1.807, 2.05) is 7.05 Å². The zero-order chi connectivity index (χ0) is 12.8. The predicted molar refractivity (Wildman–Crippen MR) is 76.0 cm³/mol. The molecule has 18 heavy (non-hydrogen) atoms. The highest BCUT2D eigenvalue weighted by atomic mass is 16.5. The average molecular weight is 248 g/mol. The summed E-state index contributed by atoms with van der Waals surface area (Å²) in [6.45, 7) is 4.14. The minimum atomic E-state index is 0.739. The molecule has 0 bridgehead atoms. The first-order valence-corrected chi connectivity index (χ1v) is 6.81. The third-order valence-electron chi connectivity index (χ3n) is 3.72. The van der Waals surface area contributed by atoms with Gasteiger partial charge in [-0.15, -0.1) is 0 Å². The first-order chi connectivity index (χ1) is 8.85. The molecule has 1 aromatic carbocycles. The van der Waals surface area contributed by atoms with Crippen LogP contribution in [0.25, 0.3) is 0 Å². The zero-order valence-electron chi connectivity index (χ0n) is 11.5. The van der Waals surface area contributed by atoms with Gasteiger partial charge in [0, 0.05) is 39.0 Å². The minimum Gasteiger partial charge on any atom is -0.384 e. The second-order valence-electron chi connectivity index (χ2n) is 5.04. The molecule has 3 heteroatoms. The van der Waals surface area contributed by atoms with E-state index in [1.165, 1.54) is 24.1 Å². The molecule has 0 amide bonds. The summed E-state index contributed by atoms with van der Waals surface area (Å²) in [5, 5.41) is 3.25. The lowest BCUT2D eigenvalue weighted by Crippen LogP contribution is -2.35. The fourth-order valence-electron chi connectivity index (χ4n) is 2.74. The number of nitrogens with zero attached hydrogens (tertiary/aromatic N) is 1. The average Bonchev–Trinajstić information content (AvgIpc) is 2.41. The Kier molecular flexibility index (Phi) is 5.02. The third kappa shape index (κ3) is 3.24. The second kappa shape index (κ2) is 6.76. The molecule has 1 aromatic rings. The number of piperidine rings is 1. The van der Waals surface area contributed by atoms with Gasteiger partial charge in [0.2, 0.25) is 0 Å². The van der Waals surface area contributed by atoms with Crippen molar-refractivity contribution < 1.29 is 4.74 Å². The number of methoxy groups -OCH3 is 1. The van der Waals surface area contributed by atoms with Gasteiger partial charge < -0.3 is 15.0 Å². The lowest BCUT2D eigenvalue weighted by molar-refractivity contribution is 0.139. The summed E-state index contributed by atoms with van der Waals surface area (Å²) in [5.74, 6) is 0.739. The van der Waals surface area contributed by atoms with Crippen LogP contribution < -0.4 is 10.2 Å². The van der Waals surface area contributed by atoms with Gasteiger partial charge in [0.05, 0.1) is 0 Å². The third-order valence-corrected chi connectivity index (χ3v) is 3.72. The normalized spacial score (nSPS) is 17.1. The van der Waals surface area contributed by atoms with E-state index in [-0.39, 0.29) is 0 Å². The van der Waals surface area contributed by atoms with Crippen LogP contribution in [0.15, 0.2) is 24.3 Å². The fourth-order valence-corrected chi connectivity index (χ4v) is 2.74. The second-order valence-corrected chi connectivity index (χ2v) is 5.04. The van der Waals surface area contributed by atoms with Gasteiger partial charge in [0.15, 0.2) is 0 Å². The highest BCUT2D eigenvalue weighted by Crippen LogP contribution is 2.26. The maximum absolute atomic E-state index is 5.26. The van der Waals surface area contributed by atoms with Crippen molar-refractivity contribution in [1.82, 2.24) is 5.32 Å². The molecule has 1 saturated heterocycles.